The minimum Gasteiger partial charge on any atom is -0.374 e. The lowest BCUT2D eigenvalue weighted by Crippen LogP contribution is -2.54. The Morgan fingerprint density at radius 1 is 1.53 bits per heavy atom. The van der Waals surface area contributed by atoms with E-state index >= 15 is 0 Å². The van der Waals surface area contributed by atoms with Crippen LogP contribution in [0.3, 0.4) is 0 Å². The van der Waals surface area contributed by atoms with E-state index in [1.54, 1.807) is 0 Å². The van der Waals surface area contributed by atoms with Gasteiger partial charge in [0.15, 0.2) is 0 Å². The highest BCUT2D eigenvalue weighted by Crippen LogP contribution is 2.16. The van der Waals surface area contributed by atoms with Gasteiger partial charge in [0.05, 0.1) is 18.8 Å². The molecule has 0 amide bonds. The van der Waals surface area contributed by atoms with Gasteiger partial charge < -0.3 is 9.64 Å². The Morgan fingerprint density at radius 2 is 2.32 bits per heavy atom. The van der Waals surface area contributed by atoms with Crippen LogP contribution in [-0.2, 0) is 11.2 Å². The lowest BCUT2D eigenvalue weighted by atomic mass is 10.00. The molecule has 2 unspecified atom stereocenters. The number of hydrogen-bond acceptors (Lipinski definition) is 4. The molecule has 19 heavy (non-hydrogen) atoms. The summed E-state index contributed by atoms with van der Waals surface area (Å²) in [6.07, 6.45) is 0.157. The first kappa shape index (κ1) is 14.3. The molecule has 0 radical (unpaired) electrons. The van der Waals surface area contributed by atoms with Crippen LogP contribution in [-0.4, -0.2) is 43.8 Å². The molecule has 1 aromatic rings. The van der Waals surface area contributed by atoms with Gasteiger partial charge in [0.2, 0.25) is 0 Å². The molecule has 1 saturated heterocycles. The maximum absolute atomic E-state index is 13.6. The molecule has 0 spiro atoms. The Bertz CT molecular complexity index is 430. The van der Waals surface area contributed by atoms with Gasteiger partial charge in [-0.15, -0.1) is 0 Å². The zero-order chi connectivity index (χ0) is 13.8. The van der Waals surface area contributed by atoms with Crippen LogP contribution in [0.5, 0.6) is 0 Å². The van der Waals surface area contributed by atoms with Crippen LogP contribution in [0.2, 0.25) is 0 Å². The van der Waals surface area contributed by atoms with Gasteiger partial charge in [-0.2, -0.15) is 0 Å². The van der Waals surface area contributed by atoms with E-state index in [1.165, 1.54) is 6.07 Å². The molecule has 2 atom stereocenters. The molecule has 2 rings (SSSR count). The summed E-state index contributed by atoms with van der Waals surface area (Å²) in [5, 5.41) is 0. The third-order valence-corrected chi connectivity index (χ3v) is 3.41. The number of nitrogens with one attached hydrogen (secondary N) is 1. The number of ether oxygens (including phenoxy) is 1. The van der Waals surface area contributed by atoms with Crippen molar-refractivity contribution >= 4 is 0 Å². The van der Waals surface area contributed by atoms with E-state index in [0.29, 0.717) is 25.1 Å². The molecule has 0 aliphatic carbocycles. The van der Waals surface area contributed by atoms with Gasteiger partial charge in [-0.3, -0.25) is 11.3 Å². The van der Waals surface area contributed by atoms with Crippen LogP contribution >= 0.6 is 0 Å². The maximum atomic E-state index is 13.6. The zero-order valence-corrected chi connectivity index (χ0v) is 10.9. The van der Waals surface area contributed by atoms with E-state index in [2.05, 4.69) is 10.3 Å². The number of halogens is 2. The Balaban J connectivity index is 2.07. The van der Waals surface area contributed by atoms with Gasteiger partial charge >= 0.3 is 0 Å². The number of hydrazine groups is 1. The van der Waals surface area contributed by atoms with Crippen molar-refractivity contribution in [2.45, 2.75) is 18.6 Å². The van der Waals surface area contributed by atoms with Crippen molar-refractivity contribution in [2.24, 2.45) is 5.84 Å². The van der Waals surface area contributed by atoms with Crippen molar-refractivity contribution in [1.82, 2.24) is 10.3 Å². The molecule has 1 fully saturated rings. The molecule has 0 saturated carbocycles. The van der Waals surface area contributed by atoms with Crippen molar-refractivity contribution < 1.29 is 13.5 Å². The minimum absolute atomic E-state index is 0.133. The van der Waals surface area contributed by atoms with E-state index in [1.807, 2.05) is 7.05 Å². The molecule has 4 nitrogen and oxygen atoms in total. The molecule has 1 aromatic carbocycles. The van der Waals surface area contributed by atoms with Crippen molar-refractivity contribution in [1.29, 1.82) is 0 Å². The van der Waals surface area contributed by atoms with Crippen LogP contribution in [0.1, 0.15) is 5.56 Å². The molecule has 3 N–H and O–H groups in total. The Hall–Kier alpha value is -1.08. The first-order chi connectivity index (χ1) is 9.10. The van der Waals surface area contributed by atoms with E-state index in [4.69, 9.17) is 10.6 Å². The summed E-state index contributed by atoms with van der Waals surface area (Å²) in [5.74, 6) is 4.64. The Labute approximate surface area is 111 Å². The van der Waals surface area contributed by atoms with E-state index in [-0.39, 0.29) is 12.1 Å². The first-order valence-electron chi connectivity index (χ1n) is 6.30. The molecule has 0 bridgehead atoms. The lowest BCUT2D eigenvalue weighted by Gasteiger charge is -2.35. The third kappa shape index (κ3) is 3.70. The highest BCUT2D eigenvalue weighted by molar-refractivity contribution is 5.20. The smallest absolute Gasteiger partial charge is 0.126 e. The number of likely N-dealkylation sites (N-methyl/N-ethyl adjacent to an activating group) is 1. The van der Waals surface area contributed by atoms with Crippen LogP contribution < -0.4 is 11.3 Å². The normalized spacial score (nSPS) is 22.4. The second-order valence-electron chi connectivity index (χ2n) is 4.88. The number of benzene rings is 1. The van der Waals surface area contributed by atoms with E-state index < -0.39 is 11.6 Å². The van der Waals surface area contributed by atoms with Crippen molar-refractivity contribution in [3.05, 3.63) is 35.4 Å². The van der Waals surface area contributed by atoms with Gasteiger partial charge in [0.25, 0.3) is 0 Å². The van der Waals surface area contributed by atoms with Gasteiger partial charge in [-0.05, 0) is 37.2 Å². The fourth-order valence-electron chi connectivity index (χ4n) is 2.29. The predicted molar refractivity (Wildman–Crippen MR) is 68.4 cm³/mol. The van der Waals surface area contributed by atoms with Gasteiger partial charge in [0.1, 0.15) is 11.6 Å². The Morgan fingerprint density at radius 3 is 3.00 bits per heavy atom. The fraction of sp³-hybridized carbons (Fsp3) is 0.538. The average Bonchev–Trinajstić information content (AvgIpc) is 2.39. The highest BCUT2D eigenvalue weighted by Gasteiger charge is 2.27. The summed E-state index contributed by atoms with van der Waals surface area (Å²) in [4.78, 5) is 2.13. The number of morpholine rings is 1. The van der Waals surface area contributed by atoms with Gasteiger partial charge in [-0.25, -0.2) is 8.78 Å². The summed E-state index contributed by atoms with van der Waals surface area (Å²) >= 11 is 0. The van der Waals surface area contributed by atoms with Crippen molar-refractivity contribution in [3.8, 4) is 0 Å². The topological polar surface area (TPSA) is 50.5 Å². The summed E-state index contributed by atoms with van der Waals surface area (Å²) in [7, 11) is 1.99. The lowest BCUT2D eigenvalue weighted by molar-refractivity contribution is -0.0385. The first-order valence-corrected chi connectivity index (χ1v) is 6.30. The largest absolute Gasteiger partial charge is 0.374 e. The summed E-state index contributed by atoms with van der Waals surface area (Å²) in [6.45, 7) is 2.19. The standard InChI is InChI=1S/C13H19F2N3O/c1-18-4-5-19-13(8-18)12(17-16)7-9-6-10(14)2-3-11(9)15/h2-3,6,12-13,17H,4-5,7-8,16H2,1H3. The minimum atomic E-state index is -0.450. The molecule has 1 heterocycles. The monoisotopic (exact) mass is 271 g/mol. The predicted octanol–water partition coefficient (Wildman–Crippen LogP) is 0.670. The molecule has 6 heteroatoms. The summed E-state index contributed by atoms with van der Waals surface area (Å²) in [6, 6.07) is 3.19. The molecule has 0 aromatic heterocycles. The molecular formula is C13H19F2N3O. The van der Waals surface area contributed by atoms with Crippen LogP contribution in [0.25, 0.3) is 0 Å². The van der Waals surface area contributed by atoms with Crippen molar-refractivity contribution in [3.63, 3.8) is 0 Å². The van der Waals surface area contributed by atoms with Gasteiger partial charge in [-0.1, -0.05) is 0 Å². The second kappa shape index (κ2) is 6.38. The highest BCUT2D eigenvalue weighted by atomic mass is 19.1. The quantitative estimate of drug-likeness (QED) is 0.624. The summed E-state index contributed by atoms with van der Waals surface area (Å²) < 4.78 is 32.4. The number of rotatable bonds is 4. The van der Waals surface area contributed by atoms with E-state index in [0.717, 1.165) is 18.7 Å². The van der Waals surface area contributed by atoms with Gasteiger partial charge in [0, 0.05) is 13.1 Å². The SMILES string of the molecule is CN1CCOC(C(Cc2cc(F)ccc2F)NN)C1. The summed E-state index contributed by atoms with van der Waals surface area (Å²) in [5.41, 5.74) is 2.95. The molecule has 106 valence electrons. The maximum Gasteiger partial charge on any atom is 0.126 e. The van der Waals surface area contributed by atoms with E-state index in [9.17, 15) is 8.78 Å². The van der Waals surface area contributed by atoms with Crippen LogP contribution in [0, 0.1) is 11.6 Å². The number of nitrogens with two attached hydrogens (primary N) is 1. The zero-order valence-electron chi connectivity index (χ0n) is 10.9. The number of hydrogen-bond donors (Lipinski definition) is 2. The van der Waals surface area contributed by atoms with Crippen LogP contribution in [0.4, 0.5) is 8.78 Å². The van der Waals surface area contributed by atoms with Crippen LogP contribution in [0.15, 0.2) is 18.2 Å². The fourth-order valence-corrected chi connectivity index (χ4v) is 2.29. The van der Waals surface area contributed by atoms with Crippen molar-refractivity contribution in [2.75, 3.05) is 26.7 Å². The molecule has 1 aliphatic rings. The molecule has 1 aliphatic heterocycles. The Kier molecular flexibility index (Phi) is 4.81. The average molecular weight is 271 g/mol. The number of nitrogens with zero attached hydrogens (tertiary/aromatic N) is 1. The molecular weight excluding hydrogens is 252 g/mol. The second-order valence-corrected chi connectivity index (χ2v) is 4.88. The third-order valence-electron chi connectivity index (χ3n) is 3.41.